The molecular formula is C25H32N2O4. The summed E-state index contributed by atoms with van der Waals surface area (Å²) in [5.74, 6) is 0.827. The summed E-state index contributed by atoms with van der Waals surface area (Å²) in [4.78, 5) is 16.1. The van der Waals surface area contributed by atoms with Crippen LogP contribution >= 0.6 is 0 Å². The zero-order valence-corrected chi connectivity index (χ0v) is 18.4. The average molecular weight is 425 g/mol. The lowest BCUT2D eigenvalue weighted by atomic mass is 9.85. The highest BCUT2D eigenvalue weighted by Gasteiger charge is 2.37. The second-order valence-electron chi connectivity index (χ2n) is 8.62. The highest BCUT2D eigenvalue weighted by atomic mass is 16.5. The summed E-state index contributed by atoms with van der Waals surface area (Å²) >= 11 is 0. The first kappa shape index (κ1) is 21.8. The number of rotatable bonds is 6. The van der Waals surface area contributed by atoms with E-state index in [9.17, 15) is 15.0 Å². The number of para-hydroxylation sites is 1. The van der Waals surface area contributed by atoms with Crippen LogP contribution in [0.5, 0.6) is 5.75 Å². The lowest BCUT2D eigenvalue weighted by molar-refractivity contribution is -0.118. The smallest absolute Gasteiger partial charge is 0.226 e. The monoisotopic (exact) mass is 424 g/mol. The topological polar surface area (TPSA) is 73.2 Å². The van der Waals surface area contributed by atoms with E-state index in [0.717, 1.165) is 41.8 Å². The number of benzene rings is 2. The summed E-state index contributed by atoms with van der Waals surface area (Å²) < 4.78 is 5.47. The molecule has 4 rings (SSSR count). The van der Waals surface area contributed by atoms with Crippen LogP contribution in [-0.4, -0.2) is 54.3 Å². The minimum Gasteiger partial charge on any atom is -0.496 e. The number of hydrogen-bond donors (Lipinski definition) is 2. The summed E-state index contributed by atoms with van der Waals surface area (Å²) in [5.41, 5.74) is 2.74. The summed E-state index contributed by atoms with van der Waals surface area (Å²) in [6.07, 6.45) is 2.17. The molecule has 2 aliphatic heterocycles. The molecule has 166 valence electrons. The number of carbonyl (C=O) groups excluding carboxylic acids is 1. The van der Waals surface area contributed by atoms with Crippen molar-refractivity contribution in [2.75, 3.05) is 38.2 Å². The van der Waals surface area contributed by atoms with E-state index in [2.05, 4.69) is 4.90 Å². The molecule has 1 saturated heterocycles. The Morgan fingerprint density at radius 3 is 2.81 bits per heavy atom. The second kappa shape index (κ2) is 8.99. The van der Waals surface area contributed by atoms with Crippen LogP contribution in [0.2, 0.25) is 0 Å². The van der Waals surface area contributed by atoms with E-state index in [1.807, 2.05) is 54.3 Å². The van der Waals surface area contributed by atoms with E-state index in [-0.39, 0.29) is 5.91 Å². The van der Waals surface area contributed by atoms with Gasteiger partial charge >= 0.3 is 0 Å². The van der Waals surface area contributed by atoms with Crippen LogP contribution < -0.4 is 9.64 Å². The summed E-state index contributed by atoms with van der Waals surface area (Å²) in [5, 5.41) is 22.3. The van der Waals surface area contributed by atoms with Crippen molar-refractivity contribution in [2.24, 2.45) is 0 Å². The number of piperidine rings is 1. The third kappa shape index (κ3) is 4.33. The maximum atomic E-state index is 12.1. The highest BCUT2D eigenvalue weighted by molar-refractivity contribution is 5.95. The Morgan fingerprint density at radius 2 is 2.03 bits per heavy atom. The van der Waals surface area contributed by atoms with Crippen LogP contribution in [0.1, 0.15) is 49.0 Å². The molecule has 6 nitrogen and oxygen atoms in total. The van der Waals surface area contributed by atoms with Gasteiger partial charge in [0.2, 0.25) is 5.91 Å². The first-order chi connectivity index (χ1) is 14.9. The Bertz CT molecular complexity index is 947. The van der Waals surface area contributed by atoms with Crippen molar-refractivity contribution >= 4 is 11.6 Å². The Labute approximate surface area is 184 Å². The Hall–Kier alpha value is -2.41. The molecule has 2 aromatic carbocycles. The van der Waals surface area contributed by atoms with Gasteiger partial charge in [-0.2, -0.15) is 0 Å². The Balaban J connectivity index is 1.47. The minimum absolute atomic E-state index is 0.135. The summed E-state index contributed by atoms with van der Waals surface area (Å²) in [6.45, 7) is 4.32. The lowest BCUT2D eigenvalue weighted by Gasteiger charge is -2.40. The molecule has 0 bridgehead atoms. The SMILES string of the molecule is CCC(=O)N1CCc2cc([C@@H](O)CN3CCC[C@](O)(c4ccccc4OC)C3)ccc21. The third-order valence-electron chi connectivity index (χ3n) is 6.58. The molecule has 0 aromatic heterocycles. The molecular weight excluding hydrogens is 392 g/mol. The molecule has 1 fully saturated rings. The van der Waals surface area contributed by atoms with Crippen LogP contribution in [0.3, 0.4) is 0 Å². The molecule has 1 amide bonds. The number of likely N-dealkylation sites (tertiary alicyclic amines) is 1. The van der Waals surface area contributed by atoms with Gasteiger partial charge in [-0.3, -0.25) is 9.69 Å². The molecule has 2 atom stereocenters. The molecule has 0 radical (unpaired) electrons. The van der Waals surface area contributed by atoms with Crippen LogP contribution in [0.15, 0.2) is 42.5 Å². The second-order valence-corrected chi connectivity index (χ2v) is 8.62. The van der Waals surface area contributed by atoms with E-state index in [1.165, 1.54) is 0 Å². The largest absolute Gasteiger partial charge is 0.496 e. The number of nitrogens with zero attached hydrogens (tertiary/aromatic N) is 2. The van der Waals surface area contributed by atoms with Crippen LogP contribution in [0.4, 0.5) is 5.69 Å². The van der Waals surface area contributed by atoms with Crippen LogP contribution in [0.25, 0.3) is 0 Å². The molecule has 2 N–H and O–H groups in total. The van der Waals surface area contributed by atoms with Gasteiger partial charge in [0.05, 0.1) is 13.2 Å². The van der Waals surface area contributed by atoms with Crippen LogP contribution in [-0.2, 0) is 16.8 Å². The van der Waals surface area contributed by atoms with E-state index < -0.39 is 11.7 Å². The molecule has 0 spiro atoms. The fourth-order valence-corrected chi connectivity index (χ4v) is 4.96. The number of fused-ring (bicyclic) bond motifs is 1. The number of aliphatic hydroxyl groups is 2. The minimum atomic E-state index is -0.997. The predicted molar refractivity (Wildman–Crippen MR) is 120 cm³/mol. The average Bonchev–Trinajstić information content (AvgIpc) is 3.22. The van der Waals surface area contributed by atoms with Gasteiger partial charge in [0.15, 0.2) is 0 Å². The normalized spacial score (nSPS) is 22.3. The van der Waals surface area contributed by atoms with Gasteiger partial charge in [0.1, 0.15) is 11.4 Å². The summed E-state index contributed by atoms with van der Waals surface area (Å²) in [6, 6.07) is 13.5. The lowest BCUT2D eigenvalue weighted by Crippen LogP contribution is -2.47. The van der Waals surface area contributed by atoms with E-state index in [0.29, 0.717) is 38.2 Å². The van der Waals surface area contributed by atoms with Gasteiger partial charge in [-0.1, -0.05) is 37.3 Å². The molecule has 0 saturated carbocycles. The molecule has 31 heavy (non-hydrogen) atoms. The number of ether oxygens (including phenoxy) is 1. The zero-order valence-electron chi connectivity index (χ0n) is 18.4. The van der Waals surface area contributed by atoms with Crippen molar-refractivity contribution in [1.29, 1.82) is 0 Å². The quantitative estimate of drug-likeness (QED) is 0.746. The van der Waals surface area contributed by atoms with Crippen LogP contribution in [0, 0.1) is 0 Å². The number of hydrogen-bond acceptors (Lipinski definition) is 5. The van der Waals surface area contributed by atoms with E-state index >= 15 is 0 Å². The number of carbonyl (C=O) groups is 1. The number of amides is 1. The van der Waals surface area contributed by atoms with Gasteiger partial charge in [0.25, 0.3) is 0 Å². The maximum absolute atomic E-state index is 12.1. The number of β-amino-alcohol motifs (C(OH)–C–C–N with tert-alkyl or cyclic N) is 2. The van der Waals surface area contributed by atoms with Gasteiger partial charge in [0, 0.05) is 37.3 Å². The molecule has 0 aliphatic carbocycles. The molecule has 2 heterocycles. The molecule has 6 heteroatoms. The predicted octanol–water partition coefficient (Wildman–Crippen LogP) is 3.01. The third-order valence-corrected chi connectivity index (χ3v) is 6.58. The first-order valence-corrected chi connectivity index (χ1v) is 11.1. The number of anilines is 1. The van der Waals surface area contributed by atoms with Crippen molar-refractivity contribution in [3.8, 4) is 5.75 Å². The Morgan fingerprint density at radius 1 is 1.23 bits per heavy atom. The van der Waals surface area contributed by atoms with Crippen molar-refractivity contribution in [3.63, 3.8) is 0 Å². The standard InChI is InChI=1S/C25H32N2O4/c1-3-24(29)27-14-11-18-15-19(9-10-21(18)27)22(28)16-26-13-6-12-25(30,17-26)20-7-4-5-8-23(20)31-2/h4-5,7-10,15,22,28,30H,3,6,11-14,16-17H2,1-2H3/t22-,25+/m0/s1. The fourth-order valence-electron chi connectivity index (χ4n) is 4.96. The van der Waals surface area contributed by atoms with Gasteiger partial charge in [-0.15, -0.1) is 0 Å². The fraction of sp³-hybridized carbons (Fsp3) is 0.480. The zero-order chi connectivity index (χ0) is 22.0. The number of aliphatic hydroxyl groups excluding tert-OH is 1. The summed E-state index contributed by atoms with van der Waals surface area (Å²) in [7, 11) is 1.62. The van der Waals surface area contributed by atoms with Crippen molar-refractivity contribution in [3.05, 3.63) is 59.2 Å². The molecule has 0 unspecified atom stereocenters. The molecule has 2 aliphatic rings. The Kier molecular flexibility index (Phi) is 6.32. The van der Waals surface area contributed by atoms with Crippen molar-refractivity contribution < 1.29 is 19.7 Å². The van der Waals surface area contributed by atoms with Gasteiger partial charge in [-0.05, 0) is 49.1 Å². The van der Waals surface area contributed by atoms with E-state index in [1.54, 1.807) is 7.11 Å². The van der Waals surface area contributed by atoms with Crippen molar-refractivity contribution in [1.82, 2.24) is 4.90 Å². The first-order valence-electron chi connectivity index (χ1n) is 11.1. The molecule has 2 aromatic rings. The van der Waals surface area contributed by atoms with Gasteiger partial charge in [-0.25, -0.2) is 0 Å². The van der Waals surface area contributed by atoms with E-state index in [4.69, 9.17) is 4.74 Å². The maximum Gasteiger partial charge on any atom is 0.226 e. The van der Waals surface area contributed by atoms with Crippen molar-refractivity contribution in [2.45, 2.75) is 44.3 Å². The number of methoxy groups -OCH3 is 1. The highest BCUT2D eigenvalue weighted by Crippen LogP contribution is 2.37. The van der Waals surface area contributed by atoms with Gasteiger partial charge < -0.3 is 19.8 Å².